The van der Waals surface area contributed by atoms with Gasteiger partial charge in [0.05, 0.1) is 5.69 Å². The lowest BCUT2D eigenvalue weighted by molar-refractivity contribution is 0.102. The van der Waals surface area contributed by atoms with Crippen molar-refractivity contribution in [3.05, 3.63) is 59.5 Å². The van der Waals surface area contributed by atoms with Crippen LogP contribution in [-0.2, 0) is 0 Å². The van der Waals surface area contributed by atoms with Gasteiger partial charge in [-0.3, -0.25) is 4.79 Å². The SMILES string of the molecule is Cc1cc2c(NC(=O)c3ccnc(C#N)c3)cccc2[nH]1. The highest BCUT2D eigenvalue weighted by atomic mass is 16.1. The van der Waals surface area contributed by atoms with Gasteiger partial charge in [-0.05, 0) is 37.3 Å². The molecule has 1 aromatic carbocycles. The molecule has 0 radical (unpaired) electrons. The van der Waals surface area contributed by atoms with Crippen molar-refractivity contribution < 1.29 is 4.79 Å². The highest BCUT2D eigenvalue weighted by molar-refractivity contribution is 6.08. The van der Waals surface area contributed by atoms with Crippen molar-refractivity contribution in [2.24, 2.45) is 0 Å². The van der Waals surface area contributed by atoms with Gasteiger partial charge in [0.2, 0.25) is 0 Å². The Morgan fingerprint density at radius 1 is 1.33 bits per heavy atom. The fourth-order valence-corrected chi connectivity index (χ4v) is 2.23. The minimum absolute atomic E-state index is 0.221. The Labute approximate surface area is 121 Å². The van der Waals surface area contributed by atoms with E-state index in [1.165, 1.54) is 12.3 Å². The first-order chi connectivity index (χ1) is 10.2. The minimum Gasteiger partial charge on any atom is -0.359 e. The van der Waals surface area contributed by atoms with Crippen LogP contribution >= 0.6 is 0 Å². The van der Waals surface area contributed by atoms with E-state index >= 15 is 0 Å². The number of aryl methyl sites for hydroxylation is 1. The van der Waals surface area contributed by atoms with Gasteiger partial charge >= 0.3 is 0 Å². The van der Waals surface area contributed by atoms with E-state index in [1.807, 2.05) is 37.3 Å². The predicted octanol–water partition coefficient (Wildman–Crippen LogP) is 3.00. The summed E-state index contributed by atoms with van der Waals surface area (Å²) >= 11 is 0. The summed E-state index contributed by atoms with van der Waals surface area (Å²) in [5.41, 5.74) is 3.36. The van der Waals surface area contributed by atoms with E-state index in [9.17, 15) is 4.79 Å². The second-order valence-electron chi connectivity index (χ2n) is 4.71. The van der Waals surface area contributed by atoms with E-state index in [0.717, 1.165) is 22.3 Å². The van der Waals surface area contributed by atoms with E-state index < -0.39 is 0 Å². The molecule has 0 saturated heterocycles. The molecule has 102 valence electrons. The first-order valence-corrected chi connectivity index (χ1v) is 6.43. The van der Waals surface area contributed by atoms with Crippen LogP contribution in [0.15, 0.2) is 42.6 Å². The second-order valence-corrected chi connectivity index (χ2v) is 4.71. The molecule has 0 unspecified atom stereocenters. The first kappa shape index (κ1) is 12.9. The van der Waals surface area contributed by atoms with Crippen LogP contribution in [0.2, 0.25) is 0 Å². The van der Waals surface area contributed by atoms with Crippen molar-refractivity contribution in [2.75, 3.05) is 5.32 Å². The number of carbonyl (C=O) groups is 1. The zero-order valence-corrected chi connectivity index (χ0v) is 11.3. The lowest BCUT2D eigenvalue weighted by Gasteiger charge is -2.06. The molecule has 2 heterocycles. The monoisotopic (exact) mass is 276 g/mol. The molecule has 0 spiro atoms. The molecule has 5 nitrogen and oxygen atoms in total. The molecule has 3 aromatic rings. The van der Waals surface area contributed by atoms with Gasteiger partial charge in [-0.1, -0.05) is 6.07 Å². The Morgan fingerprint density at radius 3 is 3.00 bits per heavy atom. The largest absolute Gasteiger partial charge is 0.359 e. The van der Waals surface area contributed by atoms with Gasteiger partial charge in [0.15, 0.2) is 0 Å². The fraction of sp³-hybridized carbons (Fsp3) is 0.0625. The third kappa shape index (κ3) is 2.47. The van der Waals surface area contributed by atoms with E-state index in [0.29, 0.717) is 5.56 Å². The highest BCUT2D eigenvalue weighted by Gasteiger charge is 2.10. The predicted molar refractivity (Wildman–Crippen MR) is 79.9 cm³/mol. The number of anilines is 1. The maximum Gasteiger partial charge on any atom is 0.255 e. The summed E-state index contributed by atoms with van der Waals surface area (Å²) in [6.45, 7) is 1.97. The molecule has 0 fully saturated rings. The first-order valence-electron chi connectivity index (χ1n) is 6.43. The topological polar surface area (TPSA) is 81.6 Å². The number of fused-ring (bicyclic) bond motifs is 1. The van der Waals surface area contributed by atoms with Crippen LogP contribution in [0.1, 0.15) is 21.7 Å². The van der Waals surface area contributed by atoms with Crippen molar-refractivity contribution in [1.82, 2.24) is 9.97 Å². The van der Waals surface area contributed by atoms with Crippen molar-refractivity contribution in [2.45, 2.75) is 6.92 Å². The smallest absolute Gasteiger partial charge is 0.255 e. The van der Waals surface area contributed by atoms with Gasteiger partial charge in [-0.25, -0.2) is 4.98 Å². The number of pyridine rings is 1. The van der Waals surface area contributed by atoms with Crippen molar-refractivity contribution in [1.29, 1.82) is 5.26 Å². The Hall–Kier alpha value is -3.13. The number of nitriles is 1. The average molecular weight is 276 g/mol. The standard InChI is InChI=1S/C16H12N4O/c1-10-7-13-14(19-10)3-2-4-15(13)20-16(21)11-5-6-18-12(8-11)9-17/h2-8,19H,1H3,(H,20,21). The molecule has 1 amide bonds. The van der Waals surface area contributed by atoms with Crippen molar-refractivity contribution in [3.63, 3.8) is 0 Å². The number of nitrogens with one attached hydrogen (secondary N) is 2. The lowest BCUT2D eigenvalue weighted by atomic mass is 10.2. The van der Waals surface area contributed by atoms with E-state index in [-0.39, 0.29) is 11.6 Å². The molecule has 3 rings (SSSR count). The zero-order chi connectivity index (χ0) is 14.8. The van der Waals surface area contributed by atoms with Gasteiger partial charge in [0, 0.05) is 28.4 Å². The number of aromatic amines is 1. The third-order valence-electron chi connectivity index (χ3n) is 3.18. The Morgan fingerprint density at radius 2 is 2.19 bits per heavy atom. The van der Waals surface area contributed by atoms with Crippen LogP contribution < -0.4 is 5.32 Å². The number of H-pyrrole nitrogens is 1. The third-order valence-corrected chi connectivity index (χ3v) is 3.18. The summed E-state index contributed by atoms with van der Waals surface area (Å²) < 4.78 is 0. The summed E-state index contributed by atoms with van der Waals surface area (Å²) in [5, 5.41) is 12.7. The maximum absolute atomic E-state index is 12.3. The summed E-state index contributed by atoms with van der Waals surface area (Å²) in [6.07, 6.45) is 1.45. The quantitative estimate of drug-likeness (QED) is 0.754. The van der Waals surface area contributed by atoms with Gasteiger partial charge in [0.25, 0.3) is 5.91 Å². The number of amides is 1. The normalized spacial score (nSPS) is 10.3. The molecule has 0 aliphatic carbocycles. The van der Waals surface area contributed by atoms with Crippen molar-refractivity contribution >= 4 is 22.5 Å². The number of carbonyl (C=O) groups excluding carboxylic acids is 1. The van der Waals surface area contributed by atoms with Gasteiger partial charge in [-0.15, -0.1) is 0 Å². The molecule has 0 atom stereocenters. The van der Waals surface area contributed by atoms with Crippen LogP contribution in [0, 0.1) is 18.3 Å². The molecular formula is C16H12N4O. The number of rotatable bonds is 2. The number of hydrogen-bond acceptors (Lipinski definition) is 3. The summed E-state index contributed by atoms with van der Waals surface area (Å²) in [6, 6.07) is 12.6. The molecular weight excluding hydrogens is 264 g/mol. The zero-order valence-electron chi connectivity index (χ0n) is 11.3. The van der Waals surface area contributed by atoms with Crippen molar-refractivity contribution in [3.8, 4) is 6.07 Å². The van der Waals surface area contributed by atoms with Gasteiger partial charge in [0.1, 0.15) is 11.8 Å². The fourth-order valence-electron chi connectivity index (χ4n) is 2.23. The molecule has 0 bridgehead atoms. The Bertz CT molecular complexity index is 873. The van der Waals surface area contributed by atoms with Gasteiger partial charge < -0.3 is 10.3 Å². The van der Waals surface area contributed by atoms with E-state index in [4.69, 9.17) is 5.26 Å². The molecule has 2 aromatic heterocycles. The van der Waals surface area contributed by atoms with Crippen LogP contribution in [0.3, 0.4) is 0 Å². The molecule has 0 aliphatic heterocycles. The summed E-state index contributed by atoms with van der Waals surface area (Å²) in [4.78, 5) is 19.4. The molecule has 0 saturated carbocycles. The maximum atomic E-state index is 12.3. The number of benzene rings is 1. The highest BCUT2D eigenvalue weighted by Crippen LogP contribution is 2.24. The molecule has 5 heteroatoms. The molecule has 0 aliphatic rings. The minimum atomic E-state index is -0.264. The molecule has 2 N–H and O–H groups in total. The number of nitrogens with zero attached hydrogens (tertiary/aromatic N) is 2. The summed E-state index contributed by atoms with van der Waals surface area (Å²) in [5.74, 6) is -0.264. The van der Waals surface area contributed by atoms with Crippen LogP contribution in [0.5, 0.6) is 0 Å². The molecule has 21 heavy (non-hydrogen) atoms. The summed E-state index contributed by atoms with van der Waals surface area (Å²) in [7, 11) is 0. The van der Waals surface area contributed by atoms with Crippen LogP contribution in [0.4, 0.5) is 5.69 Å². The van der Waals surface area contributed by atoms with E-state index in [2.05, 4.69) is 15.3 Å². The number of aromatic nitrogens is 2. The van der Waals surface area contributed by atoms with Crippen LogP contribution in [0.25, 0.3) is 10.9 Å². The van der Waals surface area contributed by atoms with Gasteiger partial charge in [-0.2, -0.15) is 5.26 Å². The van der Waals surface area contributed by atoms with E-state index in [1.54, 1.807) is 6.07 Å². The Balaban J connectivity index is 1.94. The lowest BCUT2D eigenvalue weighted by Crippen LogP contribution is -2.12. The van der Waals surface area contributed by atoms with Crippen LogP contribution in [-0.4, -0.2) is 15.9 Å². The Kier molecular flexibility index (Phi) is 3.13. The number of hydrogen-bond donors (Lipinski definition) is 2. The second kappa shape index (κ2) is 5.10. The average Bonchev–Trinajstić information content (AvgIpc) is 2.88.